The molecule has 1 aromatic rings. The van der Waals surface area contributed by atoms with E-state index >= 15 is 0 Å². The minimum absolute atomic E-state index is 0.149. The molecule has 0 saturated carbocycles. The largest absolute Gasteiger partial charge is 0.418 e. The molecule has 1 unspecified atom stereocenters. The number of ether oxygens (including phenoxy) is 1. The van der Waals surface area contributed by atoms with Gasteiger partial charge in [-0.2, -0.15) is 13.2 Å². The monoisotopic (exact) mass is 259 g/mol. The molecule has 0 spiro atoms. The highest BCUT2D eigenvalue weighted by Gasteiger charge is 2.33. The Morgan fingerprint density at radius 3 is 2.72 bits per heavy atom. The van der Waals surface area contributed by atoms with Crippen molar-refractivity contribution in [2.45, 2.75) is 19.0 Å². The topological polar surface area (TPSA) is 21.3 Å². The Labute approximate surface area is 104 Å². The molecule has 1 saturated heterocycles. The molecule has 0 aliphatic carbocycles. The third-order valence-electron chi connectivity index (χ3n) is 3.07. The first-order valence-corrected chi connectivity index (χ1v) is 6.05. The van der Waals surface area contributed by atoms with Crippen molar-refractivity contribution in [3.63, 3.8) is 0 Å². The molecule has 1 N–H and O–H groups in total. The maximum atomic E-state index is 12.7. The molecule has 0 amide bonds. The van der Waals surface area contributed by atoms with E-state index < -0.39 is 11.7 Å². The summed E-state index contributed by atoms with van der Waals surface area (Å²) < 4.78 is 43.6. The molecule has 1 aliphatic rings. The van der Waals surface area contributed by atoms with Crippen LogP contribution < -0.4 is 5.32 Å². The zero-order valence-electron chi connectivity index (χ0n) is 9.96. The van der Waals surface area contributed by atoms with Crippen molar-refractivity contribution in [3.05, 3.63) is 29.8 Å². The quantitative estimate of drug-likeness (QED) is 0.896. The average Bonchev–Trinajstić information content (AvgIpc) is 2.37. The van der Waals surface area contributed by atoms with Crippen LogP contribution in [0.4, 0.5) is 18.9 Å². The molecule has 18 heavy (non-hydrogen) atoms. The van der Waals surface area contributed by atoms with Crippen LogP contribution in [0, 0.1) is 5.92 Å². The van der Waals surface area contributed by atoms with E-state index in [-0.39, 0.29) is 5.69 Å². The zero-order valence-corrected chi connectivity index (χ0v) is 9.96. The van der Waals surface area contributed by atoms with E-state index in [2.05, 4.69) is 5.32 Å². The molecule has 1 aromatic carbocycles. The van der Waals surface area contributed by atoms with Gasteiger partial charge < -0.3 is 10.1 Å². The molecule has 1 aliphatic heterocycles. The molecule has 0 radical (unpaired) electrons. The average molecular weight is 259 g/mol. The Balaban J connectivity index is 2.00. The van der Waals surface area contributed by atoms with Crippen LogP contribution in [-0.2, 0) is 10.9 Å². The molecule has 2 rings (SSSR count). The van der Waals surface area contributed by atoms with Gasteiger partial charge in [-0.15, -0.1) is 0 Å². The standard InChI is InChI=1S/C13H16F3NO/c14-13(15,16)11-5-1-2-6-12(11)17-8-10-4-3-7-18-9-10/h1-2,5-6,10,17H,3-4,7-9H2. The van der Waals surface area contributed by atoms with E-state index in [1.54, 1.807) is 6.07 Å². The van der Waals surface area contributed by atoms with E-state index in [1.165, 1.54) is 12.1 Å². The summed E-state index contributed by atoms with van der Waals surface area (Å²) in [6.45, 7) is 1.91. The Bertz CT molecular complexity index is 386. The van der Waals surface area contributed by atoms with Crippen molar-refractivity contribution in [2.24, 2.45) is 5.92 Å². The predicted octanol–water partition coefficient (Wildman–Crippen LogP) is 3.54. The smallest absolute Gasteiger partial charge is 0.384 e. The number of para-hydroxylation sites is 1. The molecule has 1 heterocycles. The van der Waals surface area contributed by atoms with Gasteiger partial charge in [0.2, 0.25) is 0 Å². The second kappa shape index (κ2) is 5.61. The highest BCUT2D eigenvalue weighted by atomic mass is 19.4. The van der Waals surface area contributed by atoms with Gasteiger partial charge in [0.1, 0.15) is 0 Å². The van der Waals surface area contributed by atoms with Gasteiger partial charge in [0.05, 0.1) is 12.2 Å². The SMILES string of the molecule is FC(F)(F)c1ccccc1NCC1CCCOC1. The summed E-state index contributed by atoms with van der Waals surface area (Å²) >= 11 is 0. The van der Waals surface area contributed by atoms with E-state index in [4.69, 9.17) is 4.74 Å². The van der Waals surface area contributed by atoms with Gasteiger partial charge in [-0.3, -0.25) is 0 Å². The van der Waals surface area contributed by atoms with E-state index in [1.807, 2.05) is 0 Å². The van der Waals surface area contributed by atoms with E-state index in [9.17, 15) is 13.2 Å². The predicted molar refractivity (Wildman–Crippen MR) is 63.5 cm³/mol. The zero-order chi connectivity index (χ0) is 13.0. The molecular weight excluding hydrogens is 243 g/mol. The number of rotatable bonds is 3. The van der Waals surface area contributed by atoms with Gasteiger partial charge in [0, 0.05) is 18.8 Å². The van der Waals surface area contributed by atoms with Crippen molar-refractivity contribution < 1.29 is 17.9 Å². The molecule has 0 aromatic heterocycles. The Morgan fingerprint density at radius 1 is 1.28 bits per heavy atom. The van der Waals surface area contributed by atoms with Crippen molar-refractivity contribution >= 4 is 5.69 Å². The third kappa shape index (κ3) is 3.38. The lowest BCUT2D eigenvalue weighted by molar-refractivity contribution is -0.137. The molecule has 5 heteroatoms. The molecule has 0 bridgehead atoms. The fourth-order valence-corrected chi connectivity index (χ4v) is 2.11. The summed E-state index contributed by atoms with van der Waals surface area (Å²) in [6, 6.07) is 5.57. The van der Waals surface area contributed by atoms with Crippen molar-refractivity contribution in [3.8, 4) is 0 Å². The van der Waals surface area contributed by atoms with E-state index in [0.29, 0.717) is 19.1 Å². The summed E-state index contributed by atoms with van der Waals surface area (Å²) in [5, 5.41) is 2.89. The van der Waals surface area contributed by atoms with Crippen molar-refractivity contribution in [1.29, 1.82) is 0 Å². The Hall–Kier alpha value is -1.23. The number of hydrogen-bond donors (Lipinski definition) is 1. The number of hydrogen-bond acceptors (Lipinski definition) is 2. The summed E-state index contributed by atoms with van der Waals surface area (Å²) in [5.41, 5.74) is -0.461. The lowest BCUT2D eigenvalue weighted by Crippen LogP contribution is -2.25. The second-order valence-corrected chi connectivity index (χ2v) is 4.51. The molecule has 2 nitrogen and oxygen atoms in total. The van der Waals surface area contributed by atoms with Crippen LogP contribution in [0.5, 0.6) is 0 Å². The van der Waals surface area contributed by atoms with Crippen LogP contribution >= 0.6 is 0 Å². The molecule has 1 fully saturated rings. The van der Waals surface area contributed by atoms with Crippen LogP contribution in [0.2, 0.25) is 0 Å². The minimum atomic E-state index is -4.31. The molecule has 100 valence electrons. The first-order chi connectivity index (χ1) is 8.57. The second-order valence-electron chi connectivity index (χ2n) is 4.51. The van der Waals surface area contributed by atoms with Crippen LogP contribution in [0.25, 0.3) is 0 Å². The highest BCUT2D eigenvalue weighted by molar-refractivity contribution is 5.52. The minimum Gasteiger partial charge on any atom is -0.384 e. The third-order valence-corrected chi connectivity index (χ3v) is 3.07. The van der Waals surface area contributed by atoms with Crippen LogP contribution in [-0.4, -0.2) is 19.8 Å². The summed E-state index contributed by atoms with van der Waals surface area (Å²) in [4.78, 5) is 0. The van der Waals surface area contributed by atoms with Crippen LogP contribution in [0.15, 0.2) is 24.3 Å². The maximum absolute atomic E-state index is 12.7. The lowest BCUT2D eigenvalue weighted by atomic mass is 10.0. The van der Waals surface area contributed by atoms with Gasteiger partial charge in [0.15, 0.2) is 0 Å². The molecular formula is C13H16F3NO. The normalized spacial score (nSPS) is 20.7. The van der Waals surface area contributed by atoms with Gasteiger partial charge in [0.25, 0.3) is 0 Å². The Kier molecular flexibility index (Phi) is 4.11. The van der Waals surface area contributed by atoms with Gasteiger partial charge in [-0.1, -0.05) is 12.1 Å². The van der Waals surface area contributed by atoms with Gasteiger partial charge in [-0.25, -0.2) is 0 Å². The van der Waals surface area contributed by atoms with Gasteiger partial charge in [-0.05, 0) is 30.9 Å². The summed E-state index contributed by atoms with van der Waals surface area (Å²) in [5.74, 6) is 0.292. The first-order valence-electron chi connectivity index (χ1n) is 6.05. The first kappa shape index (κ1) is 13.2. The fraction of sp³-hybridized carbons (Fsp3) is 0.538. The number of halogens is 3. The Morgan fingerprint density at radius 2 is 2.06 bits per heavy atom. The van der Waals surface area contributed by atoms with E-state index in [0.717, 1.165) is 25.5 Å². The number of alkyl halides is 3. The fourth-order valence-electron chi connectivity index (χ4n) is 2.11. The number of anilines is 1. The van der Waals surface area contributed by atoms with Crippen LogP contribution in [0.3, 0.4) is 0 Å². The van der Waals surface area contributed by atoms with Crippen LogP contribution in [0.1, 0.15) is 18.4 Å². The lowest BCUT2D eigenvalue weighted by Gasteiger charge is -2.23. The maximum Gasteiger partial charge on any atom is 0.418 e. The molecule has 1 atom stereocenters. The van der Waals surface area contributed by atoms with Crippen molar-refractivity contribution in [2.75, 3.05) is 25.1 Å². The van der Waals surface area contributed by atoms with Gasteiger partial charge >= 0.3 is 6.18 Å². The van der Waals surface area contributed by atoms with Crippen molar-refractivity contribution in [1.82, 2.24) is 0 Å². The highest BCUT2D eigenvalue weighted by Crippen LogP contribution is 2.34. The summed E-state index contributed by atoms with van der Waals surface area (Å²) in [6.07, 6.45) is -2.33. The number of nitrogens with one attached hydrogen (secondary N) is 1. The summed E-state index contributed by atoms with van der Waals surface area (Å²) in [7, 11) is 0. The number of benzene rings is 1.